The van der Waals surface area contributed by atoms with Gasteiger partial charge in [-0.2, -0.15) is 0 Å². The monoisotopic (exact) mass is 338 g/mol. The number of Topliss-reactive ketones (excluding diaryl/α,β-unsaturated/α-hetero) is 2. The first kappa shape index (κ1) is 15.0. The van der Waals surface area contributed by atoms with Crippen molar-refractivity contribution < 1.29 is 14.7 Å². The molecule has 0 bridgehead atoms. The summed E-state index contributed by atoms with van der Waals surface area (Å²) in [5.74, 6) is 0.0824. The van der Waals surface area contributed by atoms with Gasteiger partial charge in [0.1, 0.15) is 5.76 Å². The zero-order valence-corrected chi connectivity index (χ0v) is 13.8. The largest absolute Gasteiger partial charge is 0.506 e. The number of carbonyl (C=O) groups excluding carboxylic acids is 2. The molecule has 1 unspecified atom stereocenters. The first-order chi connectivity index (χ1) is 11.5. The minimum Gasteiger partial charge on any atom is -0.506 e. The third kappa shape index (κ3) is 2.30. The SMILES string of the molecule is CC1CC(=O)c2sc(N=CC3=C(O)c4ccccc4C3=O)nc2C1. The van der Waals surface area contributed by atoms with E-state index in [0.717, 1.165) is 12.1 Å². The molecule has 0 fully saturated rings. The fourth-order valence-corrected chi connectivity index (χ4v) is 3.97. The lowest BCUT2D eigenvalue weighted by molar-refractivity contribution is 0.0956. The van der Waals surface area contributed by atoms with Crippen LogP contribution in [0.25, 0.3) is 5.76 Å². The zero-order valence-electron chi connectivity index (χ0n) is 12.9. The van der Waals surface area contributed by atoms with E-state index in [2.05, 4.69) is 9.98 Å². The molecule has 1 heterocycles. The van der Waals surface area contributed by atoms with E-state index in [-0.39, 0.29) is 22.9 Å². The Morgan fingerprint density at radius 1 is 1.25 bits per heavy atom. The summed E-state index contributed by atoms with van der Waals surface area (Å²) in [5, 5.41) is 10.7. The van der Waals surface area contributed by atoms with Crippen molar-refractivity contribution in [2.45, 2.75) is 19.8 Å². The van der Waals surface area contributed by atoms with E-state index >= 15 is 0 Å². The molecule has 0 saturated carbocycles. The molecule has 5 nitrogen and oxygen atoms in total. The number of allylic oxidation sites excluding steroid dienone is 1. The highest BCUT2D eigenvalue weighted by Crippen LogP contribution is 2.34. The van der Waals surface area contributed by atoms with Crippen LogP contribution < -0.4 is 0 Å². The molecule has 1 aromatic carbocycles. The van der Waals surface area contributed by atoms with Gasteiger partial charge in [-0.05, 0) is 12.3 Å². The fourth-order valence-electron chi connectivity index (χ4n) is 3.09. The Kier molecular flexibility index (Phi) is 3.42. The number of aliphatic hydroxyl groups is 1. The van der Waals surface area contributed by atoms with E-state index < -0.39 is 0 Å². The van der Waals surface area contributed by atoms with Crippen LogP contribution in [0, 0.1) is 5.92 Å². The average molecular weight is 338 g/mol. The molecule has 0 aliphatic heterocycles. The van der Waals surface area contributed by atoms with Gasteiger partial charge in [-0.3, -0.25) is 9.59 Å². The Balaban J connectivity index is 1.66. The highest BCUT2D eigenvalue weighted by Gasteiger charge is 2.29. The molecule has 0 amide bonds. The number of ketones is 2. The van der Waals surface area contributed by atoms with E-state index in [1.807, 2.05) is 6.92 Å². The Hall–Kier alpha value is -2.60. The van der Waals surface area contributed by atoms with Crippen LogP contribution in [-0.2, 0) is 6.42 Å². The number of rotatable bonds is 2. The maximum Gasteiger partial charge on any atom is 0.210 e. The summed E-state index contributed by atoms with van der Waals surface area (Å²) >= 11 is 1.24. The van der Waals surface area contributed by atoms with E-state index in [0.29, 0.717) is 33.5 Å². The molecule has 1 N–H and O–H groups in total. The topological polar surface area (TPSA) is 79.6 Å². The molecule has 4 rings (SSSR count). The Morgan fingerprint density at radius 3 is 2.75 bits per heavy atom. The third-order valence-corrected chi connectivity index (χ3v) is 5.29. The summed E-state index contributed by atoms with van der Waals surface area (Å²) in [6.45, 7) is 2.03. The summed E-state index contributed by atoms with van der Waals surface area (Å²) in [7, 11) is 0. The maximum atomic E-state index is 12.3. The predicted octanol–water partition coefficient (Wildman–Crippen LogP) is 3.78. The van der Waals surface area contributed by atoms with E-state index in [1.54, 1.807) is 24.3 Å². The summed E-state index contributed by atoms with van der Waals surface area (Å²) in [5.41, 5.74) is 1.93. The summed E-state index contributed by atoms with van der Waals surface area (Å²) < 4.78 is 0. The lowest BCUT2D eigenvalue weighted by Gasteiger charge is -2.14. The number of aliphatic hydroxyl groups excluding tert-OH is 1. The van der Waals surface area contributed by atoms with Crippen LogP contribution in [0.5, 0.6) is 0 Å². The Bertz CT molecular complexity index is 939. The normalized spacial score (nSPS) is 20.0. The molecule has 0 saturated heterocycles. The molecule has 0 spiro atoms. The van der Waals surface area contributed by atoms with Gasteiger partial charge in [0.25, 0.3) is 0 Å². The second kappa shape index (κ2) is 5.49. The molecule has 1 atom stereocenters. The number of fused-ring (bicyclic) bond motifs is 2. The Morgan fingerprint density at radius 2 is 2.00 bits per heavy atom. The van der Waals surface area contributed by atoms with Gasteiger partial charge in [0.2, 0.25) is 5.13 Å². The van der Waals surface area contributed by atoms with Crippen LogP contribution in [-0.4, -0.2) is 27.9 Å². The smallest absolute Gasteiger partial charge is 0.210 e. The number of hydrogen-bond acceptors (Lipinski definition) is 6. The maximum absolute atomic E-state index is 12.3. The lowest BCUT2D eigenvalue weighted by Crippen LogP contribution is -2.16. The first-order valence-electron chi connectivity index (χ1n) is 7.69. The van der Waals surface area contributed by atoms with Gasteiger partial charge in [-0.25, -0.2) is 9.98 Å². The van der Waals surface area contributed by atoms with Gasteiger partial charge < -0.3 is 5.11 Å². The molecule has 24 heavy (non-hydrogen) atoms. The molecule has 2 aliphatic carbocycles. The highest BCUT2D eigenvalue weighted by atomic mass is 32.1. The fraction of sp³-hybridized carbons (Fsp3) is 0.222. The van der Waals surface area contributed by atoms with Crippen molar-refractivity contribution in [1.82, 2.24) is 4.98 Å². The van der Waals surface area contributed by atoms with Gasteiger partial charge in [0.15, 0.2) is 11.6 Å². The van der Waals surface area contributed by atoms with Gasteiger partial charge in [-0.15, -0.1) is 0 Å². The van der Waals surface area contributed by atoms with Crippen molar-refractivity contribution in [2.75, 3.05) is 0 Å². The van der Waals surface area contributed by atoms with Crippen LogP contribution >= 0.6 is 11.3 Å². The second-order valence-corrected chi connectivity index (χ2v) is 7.08. The van der Waals surface area contributed by atoms with Crippen molar-refractivity contribution in [2.24, 2.45) is 10.9 Å². The quantitative estimate of drug-likeness (QED) is 0.845. The summed E-state index contributed by atoms with van der Waals surface area (Å²) in [4.78, 5) is 33.7. The van der Waals surface area contributed by atoms with Gasteiger partial charge in [-0.1, -0.05) is 42.5 Å². The molecule has 6 heteroatoms. The second-order valence-electron chi connectivity index (χ2n) is 6.10. The van der Waals surface area contributed by atoms with Gasteiger partial charge in [0.05, 0.1) is 16.1 Å². The van der Waals surface area contributed by atoms with Crippen molar-refractivity contribution in [3.63, 3.8) is 0 Å². The summed E-state index contributed by atoms with van der Waals surface area (Å²) in [6.07, 6.45) is 2.65. The van der Waals surface area contributed by atoms with Gasteiger partial charge >= 0.3 is 0 Å². The molecular weight excluding hydrogens is 324 g/mol. The van der Waals surface area contributed by atoms with Crippen molar-refractivity contribution in [1.29, 1.82) is 0 Å². The highest BCUT2D eigenvalue weighted by molar-refractivity contribution is 7.17. The predicted molar refractivity (Wildman–Crippen MR) is 92.4 cm³/mol. The van der Waals surface area contributed by atoms with Crippen LogP contribution in [0.15, 0.2) is 34.8 Å². The Labute approximate surface area is 142 Å². The minimum atomic E-state index is -0.252. The number of hydrogen-bond donors (Lipinski definition) is 1. The molecule has 0 radical (unpaired) electrons. The van der Waals surface area contributed by atoms with Gasteiger partial charge in [0, 0.05) is 23.8 Å². The average Bonchev–Trinajstić information content (AvgIpc) is 3.07. The number of aliphatic imine (C=N–C) groups is 1. The van der Waals surface area contributed by atoms with Crippen LogP contribution in [0.1, 0.15) is 44.6 Å². The first-order valence-corrected chi connectivity index (χ1v) is 8.50. The summed E-state index contributed by atoms with van der Waals surface area (Å²) in [6, 6.07) is 6.90. The van der Waals surface area contributed by atoms with Crippen molar-refractivity contribution in [3.8, 4) is 0 Å². The molecule has 1 aromatic heterocycles. The van der Waals surface area contributed by atoms with Crippen molar-refractivity contribution in [3.05, 3.63) is 51.5 Å². The van der Waals surface area contributed by atoms with Crippen LogP contribution in [0.4, 0.5) is 5.13 Å². The molecule has 120 valence electrons. The van der Waals surface area contributed by atoms with E-state index in [9.17, 15) is 14.7 Å². The number of carbonyl (C=O) groups is 2. The van der Waals surface area contributed by atoms with Crippen LogP contribution in [0.3, 0.4) is 0 Å². The molecular formula is C18H14N2O3S. The lowest BCUT2D eigenvalue weighted by atomic mass is 9.92. The minimum absolute atomic E-state index is 0.0645. The number of aromatic nitrogens is 1. The zero-order chi connectivity index (χ0) is 16.8. The number of thiazole rings is 1. The number of benzene rings is 1. The van der Waals surface area contributed by atoms with E-state index in [1.165, 1.54) is 17.6 Å². The number of nitrogens with zero attached hydrogens (tertiary/aromatic N) is 2. The van der Waals surface area contributed by atoms with Crippen LogP contribution in [0.2, 0.25) is 0 Å². The molecule has 2 aromatic rings. The standard InChI is InChI=1S/C18H14N2O3S/c1-9-6-13-17(14(21)7-9)24-18(20-13)19-8-12-15(22)10-4-2-3-5-11(10)16(12)23/h2-5,8-9,22H,6-7H2,1H3. The molecule has 2 aliphatic rings. The third-order valence-electron chi connectivity index (χ3n) is 4.25. The van der Waals surface area contributed by atoms with E-state index in [4.69, 9.17) is 0 Å². The van der Waals surface area contributed by atoms with Crippen molar-refractivity contribution >= 4 is 40.0 Å².